The molecule has 0 bridgehead atoms. The van der Waals surface area contributed by atoms with Crippen LogP contribution in [0.2, 0.25) is 0 Å². The zero-order valence-corrected chi connectivity index (χ0v) is 12.5. The molecule has 2 rings (SSSR count). The van der Waals surface area contributed by atoms with Crippen LogP contribution in [0.5, 0.6) is 0 Å². The summed E-state index contributed by atoms with van der Waals surface area (Å²) in [4.78, 5) is 19.4. The Balaban J connectivity index is 2.06. The lowest BCUT2D eigenvalue weighted by atomic mass is 10.0. The van der Waals surface area contributed by atoms with Crippen LogP contribution < -0.4 is 0 Å². The maximum Gasteiger partial charge on any atom is 0.406 e. The molecule has 0 N–H and O–H groups in total. The third kappa shape index (κ3) is 4.43. The first-order valence-corrected chi connectivity index (χ1v) is 7.40. The Hall–Kier alpha value is -1.63. The number of aromatic nitrogens is 1. The van der Waals surface area contributed by atoms with Gasteiger partial charge in [-0.2, -0.15) is 13.2 Å². The average Bonchev–Trinajstić information content (AvgIpc) is 2.47. The zero-order chi connectivity index (χ0) is 16.2. The minimum atomic E-state index is -4.35. The van der Waals surface area contributed by atoms with Gasteiger partial charge in [-0.1, -0.05) is 13.0 Å². The lowest BCUT2D eigenvalue weighted by Gasteiger charge is -2.38. The summed E-state index contributed by atoms with van der Waals surface area (Å²) >= 11 is 0. The molecule has 0 spiro atoms. The zero-order valence-electron chi connectivity index (χ0n) is 12.5. The molecule has 1 aromatic rings. The summed E-state index contributed by atoms with van der Waals surface area (Å²) in [7, 11) is 0. The monoisotopic (exact) mass is 315 g/mol. The molecule has 0 aliphatic carbocycles. The highest BCUT2D eigenvalue weighted by atomic mass is 19.4. The van der Waals surface area contributed by atoms with Crippen LogP contribution in [0.1, 0.15) is 25.5 Å². The van der Waals surface area contributed by atoms with E-state index >= 15 is 0 Å². The van der Waals surface area contributed by atoms with Gasteiger partial charge < -0.3 is 4.90 Å². The van der Waals surface area contributed by atoms with E-state index in [-0.39, 0.29) is 6.54 Å². The fourth-order valence-electron chi connectivity index (χ4n) is 2.77. The van der Waals surface area contributed by atoms with Crippen LogP contribution in [0.4, 0.5) is 13.2 Å². The van der Waals surface area contributed by atoms with E-state index in [0.717, 1.165) is 10.6 Å². The molecule has 0 unspecified atom stereocenters. The molecule has 1 amide bonds. The van der Waals surface area contributed by atoms with Gasteiger partial charge in [0.15, 0.2) is 0 Å². The lowest BCUT2D eigenvalue weighted by Crippen LogP contribution is -2.54. The summed E-state index contributed by atoms with van der Waals surface area (Å²) in [6.07, 6.45) is -1.50. The quantitative estimate of drug-likeness (QED) is 0.837. The van der Waals surface area contributed by atoms with Crippen LogP contribution in [0, 0.1) is 0 Å². The number of hydrogen-bond donors (Lipinski definition) is 0. The van der Waals surface area contributed by atoms with Crippen molar-refractivity contribution in [1.82, 2.24) is 14.8 Å². The number of rotatable bonds is 5. The van der Waals surface area contributed by atoms with Crippen molar-refractivity contribution in [2.24, 2.45) is 0 Å². The van der Waals surface area contributed by atoms with Crippen LogP contribution in [-0.4, -0.2) is 52.5 Å². The largest absolute Gasteiger partial charge is 0.406 e. The number of likely N-dealkylation sites (N-methyl/N-ethyl adjacent to an activating group) is 1. The second kappa shape index (κ2) is 7.09. The molecule has 1 aliphatic heterocycles. The van der Waals surface area contributed by atoms with Crippen molar-refractivity contribution in [2.75, 3.05) is 19.6 Å². The van der Waals surface area contributed by atoms with E-state index in [1.165, 1.54) is 0 Å². The highest BCUT2D eigenvalue weighted by Crippen LogP contribution is 2.23. The lowest BCUT2D eigenvalue weighted by molar-refractivity contribution is -0.167. The van der Waals surface area contributed by atoms with Crippen molar-refractivity contribution in [3.63, 3.8) is 0 Å². The molecule has 1 aliphatic rings. The minimum Gasteiger partial charge on any atom is -0.332 e. The maximum absolute atomic E-state index is 12.6. The van der Waals surface area contributed by atoms with E-state index in [0.29, 0.717) is 25.9 Å². The molecule has 22 heavy (non-hydrogen) atoms. The Morgan fingerprint density at radius 1 is 1.41 bits per heavy atom. The first kappa shape index (κ1) is 16.7. The van der Waals surface area contributed by atoms with Gasteiger partial charge in [-0.3, -0.25) is 14.7 Å². The molecular formula is C15H20F3N3O. The molecule has 1 atom stereocenters. The van der Waals surface area contributed by atoms with Crippen LogP contribution in [0.25, 0.3) is 0 Å². The van der Waals surface area contributed by atoms with E-state index in [2.05, 4.69) is 4.98 Å². The maximum atomic E-state index is 12.6. The molecule has 0 saturated carbocycles. The predicted octanol–water partition coefficient (Wildman–Crippen LogP) is 2.46. The van der Waals surface area contributed by atoms with E-state index < -0.39 is 24.7 Å². The van der Waals surface area contributed by atoms with Crippen molar-refractivity contribution < 1.29 is 18.0 Å². The summed E-state index contributed by atoms with van der Waals surface area (Å²) in [6, 6.07) is 5.01. The first-order chi connectivity index (χ1) is 10.4. The van der Waals surface area contributed by atoms with Crippen LogP contribution >= 0.6 is 0 Å². The van der Waals surface area contributed by atoms with Crippen molar-refractivity contribution in [3.05, 3.63) is 30.1 Å². The van der Waals surface area contributed by atoms with Crippen LogP contribution in [0.15, 0.2) is 24.4 Å². The number of carbonyl (C=O) groups excluding carboxylic acids is 1. The van der Waals surface area contributed by atoms with Gasteiger partial charge >= 0.3 is 6.18 Å². The summed E-state index contributed by atoms with van der Waals surface area (Å²) in [6.45, 7) is 1.97. The van der Waals surface area contributed by atoms with E-state index in [1.54, 1.807) is 12.3 Å². The van der Waals surface area contributed by atoms with E-state index in [1.807, 2.05) is 24.0 Å². The van der Waals surface area contributed by atoms with Gasteiger partial charge in [-0.25, -0.2) is 0 Å². The molecule has 2 heterocycles. The number of nitrogens with zero attached hydrogens (tertiary/aromatic N) is 3. The highest BCUT2D eigenvalue weighted by molar-refractivity contribution is 5.82. The number of pyridine rings is 1. The average molecular weight is 315 g/mol. The fraction of sp³-hybridized carbons (Fsp3) is 0.600. The van der Waals surface area contributed by atoms with E-state index in [4.69, 9.17) is 0 Å². The van der Waals surface area contributed by atoms with Gasteiger partial charge in [0.2, 0.25) is 5.91 Å². The van der Waals surface area contributed by atoms with Gasteiger partial charge in [0.25, 0.3) is 0 Å². The second-order valence-corrected chi connectivity index (χ2v) is 5.42. The van der Waals surface area contributed by atoms with E-state index in [9.17, 15) is 18.0 Å². The number of hydrogen-bond acceptors (Lipinski definition) is 3. The highest BCUT2D eigenvalue weighted by Gasteiger charge is 2.39. The third-order valence-electron chi connectivity index (χ3n) is 3.81. The first-order valence-electron chi connectivity index (χ1n) is 7.40. The molecule has 1 fully saturated rings. The topological polar surface area (TPSA) is 36.4 Å². The van der Waals surface area contributed by atoms with Gasteiger partial charge in [0, 0.05) is 19.3 Å². The van der Waals surface area contributed by atoms with Gasteiger partial charge in [0.1, 0.15) is 6.54 Å². The molecule has 1 saturated heterocycles. The number of likely N-dealkylation sites (tertiary alicyclic amines) is 1. The number of amides is 1. The molecule has 0 aromatic carbocycles. The summed E-state index contributed by atoms with van der Waals surface area (Å²) in [5, 5.41) is 0. The molecule has 7 heteroatoms. The molecule has 4 nitrogen and oxygen atoms in total. The molecular weight excluding hydrogens is 295 g/mol. The van der Waals surface area contributed by atoms with Gasteiger partial charge in [-0.15, -0.1) is 0 Å². The molecule has 122 valence electrons. The van der Waals surface area contributed by atoms with Gasteiger partial charge in [0.05, 0.1) is 11.7 Å². The van der Waals surface area contributed by atoms with Crippen molar-refractivity contribution in [3.8, 4) is 0 Å². The number of halogens is 3. The third-order valence-corrected chi connectivity index (χ3v) is 3.81. The normalized spacial score (nSPS) is 19.8. The molecule has 0 radical (unpaired) electrons. The fourth-order valence-corrected chi connectivity index (χ4v) is 2.77. The van der Waals surface area contributed by atoms with Crippen LogP contribution in [-0.2, 0) is 11.3 Å². The smallest absolute Gasteiger partial charge is 0.332 e. The Labute approximate surface area is 127 Å². The van der Waals surface area contributed by atoms with Gasteiger partial charge in [-0.05, 0) is 31.5 Å². The summed E-state index contributed by atoms with van der Waals surface area (Å²) in [5.41, 5.74) is 0.810. The predicted molar refractivity (Wildman–Crippen MR) is 76.0 cm³/mol. The number of carbonyl (C=O) groups is 1. The Morgan fingerprint density at radius 3 is 2.77 bits per heavy atom. The van der Waals surface area contributed by atoms with Crippen molar-refractivity contribution in [1.29, 1.82) is 0 Å². The Bertz CT molecular complexity index is 493. The summed E-state index contributed by atoms with van der Waals surface area (Å²) in [5.74, 6) is -0.429. The summed E-state index contributed by atoms with van der Waals surface area (Å²) < 4.78 is 37.7. The Morgan fingerprint density at radius 2 is 2.18 bits per heavy atom. The molecule has 1 aromatic heterocycles. The number of piperidine rings is 1. The van der Waals surface area contributed by atoms with Crippen molar-refractivity contribution in [2.45, 2.75) is 38.5 Å². The van der Waals surface area contributed by atoms with Crippen molar-refractivity contribution >= 4 is 5.91 Å². The SMILES string of the molecule is CCN(Cc1ccccn1)[C@H]1CCCN(CC(F)(F)F)C1=O. The Kier molecular flexibility index (Phi) is 5.39. The minimum absolute atomic E-state index is 0.177. The second-order valence-electron chi connectivity index (χ2n) is 5.42. The number of alkyl halides is 3. The van der Waals surface area contributed by atoms with Crippen LogP contribution in [0.3, 0.4) is 0 Å². The standard InChI is InChI=1S/C15H20F3N3O/c1-2-20(10-12-6-3-4-8-19-12)13-7-5-9-21(14(13)22)11-15(16,17)18/h3-4,6,8,13H,2,5,7,9-11H2,1H3/t13-/m0/s1.